The van der Waals surface area contributed by atoms with E-state index >= 15 is 0 Å². The van der Waals surface area contributed by atoms with Gasteiger partial charge in [-0.3, -0.25) is 9.89 Å². The molecule has 2 fully saturated rings. The maximum atomic E-state index is 11.4. The van der Waals surface area contributed by atoms with Crippen LogP contribution in [-0.2, 0) is 4.79 Å². The molecule has 1 aromatic heterocycles. The maximum Gasteiger partial charge on any atom is 0.227 e. The van der Waals surface area contributed by atoms with E-state index in [4.69, 9.17) is 4.74 Å². The van der Waals surface area contributed by atoms with Crippen molar-refractivity contribution in [2.75, 3.05) is 50.1 Å². The number of piperazine rings is 1. The van der Waals surface area contributed by atoms with Gasteiger partial charge in [-0.1, -0.05) is 37.3 Å². The second-order valence-electron chi connectivity index (χ2n) is 9.58. The summed E-state index contributed by atoms with van der Waals surface area (Å²) in [6.07, 6.45) is 2.06. The van der Waals surface area contributed by atoms with Crippen molar-refractivity contribution in [1.29, 1.82) is 0 Å². The molecule has 2 heterocycles. The van der Waals surface area contributed by atoms with Gasteiger partial charge in [0.25, 0.3) is 0 Å². The molecule has 0 bridgehead atoms. The number of hydrogen-bond donors (Lipinski definition) is 2. The number of aromatic amines is 1. The molecule has 1 aliphatic heterocycles. The lowest BCUT2D eigenvalue weighted by atomic mass is 10.1. The van der Waals surface area contributed by atoms with Gasteiger partial charge < -0.3 is 19.9 Å². The van der Waals surface area contributed by atoms with Crippen molar-refractivity contribution >= 4 is 28.2 Å². The second-order valence-corrected chi connectivity index (χ2v) is 9.58. The van der Waals surface area contributed by atoms with Gasteiger partial charge in [-0.25, -0.2) is 0 Å². The van der Waals surface area contributed by atoms with E-state index in [-0.39, 0.29) is 11.8 Å². The molecule has 0 radical (unpaired) electrons. The highest BCUT2D eigenvalue weighted by atomic mass is 16.5. The molecule has 2 aliphatic rings. The standard InChI is InChI=1S/C19H22N4.C11H13NO2/c1-2-22-11-13-23(14-12-22)16-9-7-15(8-10-16)19-17-5-3-4-6-18(17)20-21-19;1-14-10-6-4-9(5-7-10)12-11(13)8-2-3-8/h3-10H,2,11-14H2,1H3,(H,20,21);4-8H,2-3H2,1H3,(H,12,13). The van der Waals surface area contributed by atoms with Gasteiger partial charge in [-0.05, 0) is 61.9 Å². The molecule has 0 atom stereocenters. The summed E-state index contributed by atoms with van der Waals surface area (Å²) < 4.78 is 5.02. The first-order valence-corrected chi connectivity index (χ1v) is 13.1. The number of anilines is 2. The van der Waals surface area contributed by atoms with Crippen molar-refractivity contribution in [1.82, 2.24) is 15.1 Å². The van der Waals surface area contributed by atoms with E-state index in [1.54, 1.807) is 7.11 Å². The second kappa shape index (κ2) is 11.5. The lowest BCUT2D eigenvalue weighted by molar-refractivity contribution is -0.117. The molecule has 7 nitrogen and oxygen atoms in total. The van der Waals surface area contributed by atoms with Crippen molar-refractivity contribution in [3.05, 3.63) is 72.8 Å². The third-order valence-corrected chi connectivity index (χ3v) is 7.10. The average Bonchev–Trinajstić information content (AvgIpc) is 3.73. The fourth-order valence-corrected chi connectivity index (χ4v) is 4.60. The molecule has 4 aromatic rings. The van der Waals surface area contributed by atoms with Crippen LogP contribution in [0.3, 0.4) is 0 Å². The molecule has 0 unspecified atom stereocenters. The summed E-state index contributed by atoms with van der Waals surface area (Å²) in [5.74, 6) is 1.18. The highest BCUT2D eigenvalue weighted by Crippen LogP contribution is 2.30. The van der Waals surface area contributed by atoms with E-state index in [1.165, 1.54) is 16.6 Å². The Morgan fingerprint density at radius 2 is 1.68 bits per heavy atom. The summed E-state index contributed by atoms with van der Waals surface area (Å²) in [6.45, 7) is 7.92. The van der Waals surface area contributed by atoms with Crippen LogP contribution in [0.4, 0.5) is 11.4 Å². The topological polar surface area (TPSA) is 73.5 Å². The van der Waals surface area contributed by atoms with Gasteiger partial charge in [0.05, 0.1) is 18.3 Å². The Morgan fingerprint density at radius 3 is 2.32 bits per heavy atom. The first kappa shape index (κ1) is 24.8. The van der Waals surface area contributed by atoms with Crippen LogP contribution in [0, 0.1) is 5.92 Å². The first-order chi connectivity index (χ1) is 18.1. The molecule has 1 saturated heterocycles. The molecule has 6 rings (SSSR count). The van der Waals surface area contributed by atoms with Crippen LogP contribution < -0.4 is 15.0 Å². The molecule has 3 aromatic carbocycles. The van der Waals surface area contributed by atoms with E-state index in [2.05, 4.69) is 74.7 Å². The van der Waals surface area contributed by atoms with Crippen LogP contribution in [0.1, 0.15) is 19.8 Å². The predicted octanol–water partition coefficient (Wildman–Crippen LogP) is 5.42. The van der Waals surface area contributed by atoms with Crippen molar-refractivity contribution in [2.24, 2.45) is 5.92 Å². The molecule has 7 heteroatoms. The van der Waals surface area contributed by atoms with Gasteiger partial charge in [-0.2, -0.15) is 5.10 Å². The first-order valence-electron chi connectivity index (χ1n) is 13.1. The Morgan fingerprint density at radius 1 is 0.973 bits per heavy atom. The summed E-state index contributed by atoms with van der Waals surface area (Å²) in [5, 5.41) is 11.6. The summed E-state index contributed by atoms with van der Waals surface area (Å²) in [6, 6.07) is 24.4. The number of rotatable bonds is 6. The molecular weight excluding hydrogens is 462 g/mol. The number of ether oxygens (including phenoxy) is 1. The van der Waals surface area contributed by atoms with Crippen LogP contribution in [0.15, 0.2) is 72.8 Å². The normalized spacial score (nSPS) is 15.7. The molecular formula is C30H35N5O2. The number of H-pyrrole nitrogens is 1. The van der Waals surface area contributed by atoms with E-state index in [9.17, 15) is 4.79 Å². The monoisotopic (exact) mass is 497 g/mol. The van der Waals surface area contributed by atoms with E-state index in [1.807, 2.05) is 30.3 Å². The zero-order valence-corrected chi connectivity index (χ0v) is 21.6. The average molecular weight is 498 g/mol. The lowest BCUT2D eigenvalue weighted by Crippen LogP contribution is -2.46. The third kappa shape index (κ3) is 6.12. The number of amides is 1. The maximum absolute atomic E-state index is 11.4. The predicted molar refractivity (Wildman–Crippen MR) is 150 cm³/mol. The smallest absolute Gasteiger partial charge is 0.227 e. The third-order valence-electron chi connectivity index (χ3n) is 7.10. The fourth-order valence-electron chi connectivity index (χ4n) is 4.60. The Kier molecular flexibility index (Phi) is 7.70. The molecule has 37 heavy (non-hydrogen) atoms. The molecule has 0 spiro atoms. The van der Waals surface area contributed by atoms with Crippen molar-refractivity contribution in [3.8, 4) is 17.0 Å². The lowest BCUT2D eigenvalue weighted by Gasteiger charge is -2.35. The number of likely N-dealkylation sites (N-methyl/N-ethyl adjacent to an activating group) is 1. The number of aromatic nitrogens is 2. The summed E-state index contributed by atoms with van der Waals surface area (Å²) in [4.78, 5) is 16.4. The number of carbonyl (C=O) groups is 1. The number of benzene rings is 3. The summed E-state index contributed by atoms with van der Waals surface area (Å²) in [5.41, 5.74) is 5.43. The highest BCUT2D eigenvalue weighted by molar-refractivity contribution is 5.94. The minimum absolute atomic E-state index is 0.134. The molecule has 192 valence electrons. The van der Waals surface area contributed by atoms with Gasteiger partial charge in [0.2, 0.25) is 5.91 Å². The minimum Gasteiger partial charge on any atom is -0.497 e. The van der Waals surface area contributed by atoms with Crippen LogP contribution in [0.25, 0.3) is 22.2 Å². The van der Waals surface area contributed by atoms with Gasteiger partial charge in [0.1, 0.15) is 5.75 Å². The number of methoxy groups -OCH3 is 1. The largest absolute Gasteiger partial charge is 0.497 e. The van der Waals surface area contributed by atoms with Gasteiger partial charge in [0.15, 0.2) is 0 Å². The van der Waals surface area contributed by atoms with E-state index in [0.29, 0.717) is 0 Å². The number of carbonyl (C=O) groups excluding carboxylic acids is 1. The summed E-state index contributed by atoms with van der Waals surface area (Å²) >= 11 is 0. The minimum atomic E-state index is 0.134. The fraction of sp³-hybridized carbons (Fsp3) is 0.333. The van der Waals surface area contributed by atoms with Crippen LogP contribution in [-0.4, -0.2) is 60.8 Å². The number of para-hydroxylation sites is 1. The number of nitrogens with one attached hydrogen (secondary N) is 2. The Balaban J connectivity index is 0.000000171. The van der Waals surface area contributed by atoms with Gasteiger partial charge in [0, 0.05) is 54.4 Å². The van der Waals surface area contributed by atoms with Crippen LogP contribution >= 0.6 is 0 Å². The van der Waals surface area contributed by atoms with Crippen molar-refractivity contribution < 1.29 is 9.53 Å². The summed E-state index contributed by atoms with van der Waals surface area (Å²) in [7, 11) is 1.62. The molecule has 1 amide bonds. The number of hydrogen-bond acceptors (Lipinski definition) is 5. The van der Waals surface area contributed by atoms with E-state index in [0.717, 1.165) is 68.2 Å². The van der Waals surface area contributed by atoms with Crippen LogP contribution in [0.2, 0.25) is 0 Å². The zero-order valence-electron chi connectivity index (χ0n) is 21.6. The molecule has 1 saturated carbocycles. The zero-order chi connectivity index (χ0) is 25.6. The SMILES string of the molecule is CCN1CCN(c2ccc(-c3n[nH]c4ccccc34)cc2)CC1.COc1ccc(NC(=O)C2CC2)cc1. The Hall–Kier alpha value is -3.84. The number of fused-ring (bicyclic) bond motifs is 1. The highest BCUT2D eigenvalue weighted by Gasteiger charge is 2.29. The quantitative estimate of drug-likeness (QED) is 0.372. The van der Waals surface area contributed by atoms with Crippen LogP contribution in [0.5, 0.6) is 5.75 Å². The Labute approximate surface area is 218 Å². The van der Waals surface area contributed by atoms with Crippen molar-refractivity contribution in [2.45, 2.75) is 19.8 Å². The van der Waals surface area contributed by atoms with Crippen molar-refractivity contribution in [3.63, 3.8) is 0 Å². The van der Waals surface area contributed by atoms with E-state index < -0.39 is 0 Å². The molecule has 2 N–H and O–H groups in total. The number of nitrogens with zero attached hydrogens (tertiary/aromatic N) is 3. The molecule has 1 aliphatic carbocycles. The van der Waals surface area contributed by atoms with Gasteiger partial charge in [-0.15, -0.1) is 0 Å². The Bertz CT molecular complexity index is 1300. The van der Waals surface area contributed by atoms with Gasteiger partial charge >= 0.3 is 0 Å².